The summed E-state index contributed by atoms with van der Waals surface area (Å²) in [4.78, 5) is 20.0. The predicted molar refractivity (Wildman–Crippen MR) is 50.2 cm³/mol. The van der Waals surface area contributed by atoms with Gasteiger partial charge in [0.25, 0.3) is 0 Å². The maximum Gasteiger partial charge on any atom is 1.00 e. The molecule has 5 heteroatoms. The first-order chi connectivity index (χ1) is 5.99. The standard InChI is InChI=1S/C5H8O2.C4H6O2.K.H/c1-4(2)5(6)7-3;1-3-4(5)6-2;;/h1H2,2-3H3;3H,1H2,2H3;;/q;;+1;-1. The molecule has 0 aliphatic carbocycles. The van der Waals surface area contributed by atoms with Crippen molar-refractivity contribution in [3.05, 3.63) is 24.8 Å². The van der Waals surface area contributed by atoms with Crippen LogP contribution in [-0.2, 0) is 19.1 Å². The molecule has 0 fully saturated rings. The van der Waals surface area contributed by atoms with Crippen molar-refractivity contribution < 1.29 is 71.9 Å². The molecule has 0 aromatic rings. The Balaban J connectivity index is -0.0000000718. The minimum Gasteiger partial charge on any atom is -1.00 e. The van der Waals surface area contributed by atoms with Gasteiger partial charge < -0.3 is 10.9 Å². The molecule has 0 aliphatic rings. The third-order valence-electron chi connectivity index (χ3n) is 0.902. The first kappa shape index (κ1) is 19.6. The molecule has 0 unspecified atom stereocenters. The summed E-state index contributed by atoms with van der Waals surface area (Å²) >= 11 is 0. The molecule has 0 aliphatic heterocycles. The van der Waals surface area contributed by atoms with Crippen molar-refractivity contribution in [1.82, 2.24) is 0 Å². The molecule has 0 atom stereocenters. The zero-order chi connectivity index (χ0) is 10.9. The third-order valence-corrected chi connectivity index (χ3v) is 0.902. The van der Waals surface area contributed by atoms with Gasteiger partial charge in [-0.05, 0) is 6.92 Å². The van der Waals surface area contributed by atoms with E-state index in [1.807, 2.05) is 0 Å². The average molecular weight is 226 g/mol. The minimum absolute atomic E-state index is 0. The van der Waals surface area contributed by atoms with E-state index >= 15 is 0 Å². The summed E-state index contributed by atoms with van der Waals surface area (Å²) in [6, 6.07) is 0. The van der Waals surface area contributed by atoms with Crippen molar-refractivity contribution >= 4 is 11.9 Å². The molecule has 0 saturated carbocycles. The largest absolute Gasteiger partial charge is 1.00 e. The fraction of sp³-hybridized carbons (Fsp3) is 0.333. The molecule has 4 nitrogen and oxygen atoms in total. The van der Waals surface area contributed by atoms with Crippen LogP contribution in [-0.4, -0.2) is 26.2 Å². The number of carbonyl (C=O) groups excluding carboxylic acids is 2. The molecule has 0 aromatic heterocycles. The Kier molecular flexibility index (Phi) is 18.3. The fourth-order valence-electron chi connectivity index (χ4n) is 0.258. The van der Waals surface area contributed by atoms with Gasteiger partial charge in [0.1, 0.15) is 0 Å². The van der Waals surface area contributed by atoms with E-state index in [9.17, 15) is 9.59 Å². The fourth-order valence-corrected chi connectivity index (χ4v) is 0.258. The average Bonchev–Trinajstić information content (AvgIpc) is 2.16. The second-order valence-electron chi connectivity index (χ2n) is 2.00. The minimum atomic E-state index is -0.394. The predicted octanol–water partition coefficient (Wildman–Crippen LogP) is -1.80. The van der Waals surface area contributed by atoms with Crippen molar-refractivity contribution in [2.45, 2.75) is 6.92 Å². The number of hydrogen-bond acceptors (Lipinski definition) is 4. The molecule has 0 bridgehead atoms. The zero-order valence-electron chi connectivity index (χ0n) is 10.1. The van der Waals surface area contributed by atoms with Gasteiger partial charge in [0.05, 0.1) is 14.2 Å². The zero-order valence-corrected chi connectivity index (χ0v) is 12.2. The van der Waals surface area contributed by atoms with Crippen LogP contribution in [0.1, 0.15) is 8.35 Å². The van der Waals surface area contributed by atoms with Gasteiger partial charge in [-0.3, -0.25) is 0 Å². The molecular weight excluding hydrogens is 211 g/mol. The molecular formula is C9H15KO4. The number of carbonyl (C=O) groups is 2. The SMILES string of the molecule is C=C(C)C(=O)OC.C=CC(=O)OC.[H-].[K+]. The number of methoxy groups -OCH3 is 2. The van der Waals surface area contributed by atoms with Gasteiger partial charge in [-0.15, -0.1) is 0 Å². The van der Waals surface area contributed by atoms with Crippen molar-refractivity contribution in [2.24, 2.45) is 0 Å². The van der Waals surface area contributed by atoms with E-state index in [4.69, 9.17) is 0 Å². The van der Waals surface area contributed by atoms with Crippen LogP contribution in [0, 0.1) is 0 Å². The van der Waals surface area contributed by atoms with Gasteiger partial charge in [0.2, 0.25) is 0 Å². The summed E-state index contributed by atoms with van der Waals surface area (Å²) in [7, 11) is 2.64. The number of hydrogen-bond donors (Lipinski definition) is 0. The maximum absolute atomic E-state index is 10.2. The van der Waals surface area contributed by atoms with Crippen LogP contribution in [0.5, 0.6) is 0 Å². The van der Waals surface area contributed by atoms with Crippen LogP contribution in [0.15, 0.2) is 24.8 Å². The molecule has 76 valence electrons. The van der Waals surface area contributed by atoms with Crippen LogP contribution >= 0.6 is 0 Å². The summed E-state index contributed by atoms with van der Waals surface area (Å²) in [6.07, 6.45) is 1.11. The summed E-state index contributed by atoms with van der Waals surface area (Å²) in [5, 5.41) is 0. The monoisotopic (exact) mass is 226 g/mol. The normalized spacial score (nSPS) is 6.79. The summed E-state index contributed by atoms with van der Waals surface area (Å²) in [6.45, 7) is 8.11. The van der Waals surface area contributed by atoms with Gasteiger partial charge in [-0.2, -0.15) is 0 Å². The van der Waals surface area contributed by atoms with Crippen LogP contribution in [0.2, 0.25) is 0 Å². The van der Waals surface area contributed by atoms with Crippen molar-refractivity contribution in [3.63, 3.8) is 0 Å². The summed E-state index contributed by atoms with van der Waals surface area (Å²) in [5.74, 6) is -0.741. The Labute approximate surface area is 128 Å². The number of ether oxygens (including phenoxy) is 2. The van der Waals surface area contributed by atoms with Crippen LogP contribution in [0.3, 0.4) is 0 Å². The van der Waals surface area contributed by atoms with Gasteiger partial charge in [-0.25, -0.2) is 9.59 Å². The smallest absolute Gasteiger partial charge is 1.00 e. The summed E-state index contributed by atoms with van der Waals surface area (Å²) < 4.78 is 8.42. The van der Waals surface area contributed by atoms with Crippen molar-refractivity contribution in [3.8, 4) is 0 Å². The van der Waals surface area contributed by atoms with Crippen molar-refractivity contribution in [1.29, 1.82) is 0 Å². The van der Waals surface area contributed by atoms with E-state index < -0.39 is 5.97 Å². The molecule has 0 spiro atoms. The van der Waals surface area contributed by atoms with Gasteiger partial charge in [0, 0.05) is 11.6 Å². The van der Waals surface area contributed by atoms with E-state index in [2.05, 4.69) is 22.6 Å². The topological polar surface area (TPSA) is 52.6 Å². The van der Waals surface area contributed by atoms with Gasteiger partial charge in [0.15, 0.2) is 0 Å². The van der Waals surface area contributed by atoms with E-state index in [0.717, 1.165) is 6.08 Å². The first-order valence-corrected chi connectivity index (χ1v) is 3.43. The third kappa shape index (κ3) is 14.6. The Bertz CT molecular complexity index is 216. The Morgan fingerprint density at radius 2 is 1.71 bits per heavy atom. The van der Waals surface area contributed by atoms with Crippen LogP contribution < -0.4 is 51.4 Å². The van der Waals surface area contributed by atoms with Crippen molar-refractivity contribution in [2.75, 3.05) is 14.2 Å². The molecule has 0 saturated heterocycles. The summed E-state index contributed by atoms with van der Waals surface area (Å²) in [5.41, 5.74) is 0.433. The molecule has 0 amide bonds. The van der Waals surface area contributed by atoms with Gasteiger partial charge in [-0.1, -0.05) is 13.2 Å². The van der Waals surface area contributed by atoms with Crippen LogP contribution in [0.25, 0.3) is 0 Å². The Morgan fingerprint density at radius 3 is 1.71 bits per heavy atom. The molecule has 0 rings (SSSR count). The molecule has 0 radical (unpaired) electrons. The second-order valence-corrected chi connectivity index (χ2v) is 2.00. The molecule has 0 heterocycles. The quantitative estimate of drug-likeness (QED) is 0.317. The first-order valence-electron chi connectivity index (χ1n) is 3.43. The van der Waals surface area contributed by atoms with E-state index in [1.54, 1.807) is 6.92 Å². The maximum atomic E-state index is 10.2. The molecule has 0 N–H and O–H groups in total. The Hall–Kier alpha value is 0.0564. The molecule has 0 aromatic carbocycles. The van der Waals surface area contributed by atoms with Crippen LogP contribution in [0.4, 0.5) is 0 Å². The van der Waals surface area contributed by atoms with E-state index in [1.165, 1.54) is 14.2 Å². The number of rotatable bonds is 2. The Morgan fingerprint density at radius 1 is 1.29 bits per heavy atom. The second kappa shape index (κ2) is 13.1. The van der Waals surface area contributed by atoms with E-state index in [0.29, 0.717) is 5.57 Å². The number of esters is 2. The molecule has 14 heavy (non-hydrogen) atoms. The van der Waals surface area contributed by atoms with E-state index in [-0.39, 0.29) is 58.8 Å². The van der Waals surface area contributed by atoms with Gasteiger partial charge >= 0.3 is 63.3 Å².